The summed E-state index contributed by atoms with van der Waals surface area (Å²) in [6.45, 7) is 4.59. The first-order valence-corrected chi connectivity index (χ1v) is 12.8. The summed E-state index contributed by atoms with van der Waals surface area (Å²) in [5, 5.41) is 11.0. The molecule has 0 amide bonds. The highest BCUT2D eigenvalue weighted by Gasteiger charge is 2.30. The minimum Gasteiger partial charge on any atom is -0.271 e. The average molecular weight is 515 g/mol. The van der Waals surface area contributed by atoms with Gasteiger partial charge in [-0.15, -0.1) is 21.5 Å². The van der Waals surface area contributed by atoms with Crippen molar-refractivity contribution in [3.63, 3.8) is 0 Å². The van der Waals surface area contributed by atoms with Crippen LogP contribution in [0.25, 0.3) is 16.0 Å². The van der Waals surface area contributed by atoms with E-state index in [1.165, 1.54) is 34.7 Å². The van der Waals surface area contributed by atoms with Crippen molar-refractivity contribution in [3.05, 3.63) is 92.6 Å². The van der Waals surface area contributed by atoms with Gasteiger partial charge in [0.1, 0.15) is 4.70 Å². The number of hydrogen-bond donors (Lipinski definition) is 0. The van der Waals surface area contributed by atoms with Crippen LogP contribution in [0.1, 0.15) is 42.0 Å². The summed E-state index contributed by atoms with van der Waals surface area (Å²) in [5.41, 5.74) is 2.59. The minimum absolute atomic E-state index is 0.141. The number of thiophene rings is 1. The predicted octanol–water partition coefficient (Wildman–Crippen LogP) is 6.59. The molecule has 5 aromatic rings. The first kappa shape index (κ1) is 23.6. The third kappa shape index (κ3) is 4.60. The smallest absolute Gasteiger partial charge is 0.271 e. The minimum atomic E-state index is -4.39. The van der Waals surface area contributed by atoms with E-state index >= 15 is 0 Å². The van der Waals surface area contributed by atoms with Crippen LogP contribution >= 0.6 is 23.1 Å². The zero-order valence-corrected chi connectivity index (χ0v) is 20.5. The Kier molecular flexibility index (Phi) is 6.18. The SMILES string of the molecule is CC(C)c1ccc(Cn2c(=O)c3sccc3n3c(SCc4cccc(C(F)(F)F)c4)nnc23)cc1. The van der Waals surface area contributed by atoms with E-state index in [-0.39, 0.29) is 11.3 Å². The molecule has 0 N–H and O–H groups in total. The van der Waals surface area contributed by atoms with E-state index in [1.807, 2.05) is 28.0 Å². The second-order valence-corrected chi connectivity index (χ2v) is 10.4. The van der Waals surface area contributed by atoms with Gasteiger partial charge in [0, 0.05) is 5.75 Å². The largest absolute Gasteiger partial charge is 0.416 e. The molecule has 10 heteroatoms. The molecule has 0 aliphatic heterocycles. The topological polar surface area (TPSA) is 52.2 Å². The number of rotatable bonds is 6. The van der Waals surface area contributed by atoms with Crippen molar-refractivity contribution in [1.29, 1.82) is 0 Å². The normalized spacial score (nSPS) is 12.3. The fourth-order valence-electron chi connectivity index (χ4n) is 3.91. The molecule has 0 radical (unpaired) electrons. The van der Waals surface area contributed by atoms with Gasteiger partial charge in [0.25, 0.3) is 5.56 Å². The van der Waals surface area contributed by atoms with Gasteiger partial charge in [0.2, 0.25) is 5.78 Å². The zero-order chi connectivity index (χ0) is 24.7. The summed E-state index contributed by atoms with van der Waals surface area (Å²) < 4.78 is 43.3. The third-order valence-electron chi connectivity index (χ3n) is 5.79. The van der Waals surface area contributed by atoms with Gasteiger partial charge < -0.3 is 0 Å². The number of alkyl halides is 3. The average Bonchev–Trinajstić information content (AvgIpc) is 3.47. The van der Waals surface area contributed by atoms with Crippen LogP contribution in [0.4, 0.5) is 13.2 Å². The lowest BCUT2D eigenvalue weighted by atomic mass is 10.0. The Morgan fingerprint density at radius 1 is 1.03 bits per heavy atom. The maximum absolute atomic E-state index is 13.3. The molecule has 0 atom stereocenters. The highest BCUT2D eigenvalue weighted by atomic mass is 32.2. The van der Waals surface area contributed by atoms with E-state index in [4.69, 9.17) is 0 Å². The Hall–Kier alpha value is -3.11. The number of aromatic nitrogens is 4. The van der Waals surface area contributed by atoms with Crippen LogP contribution < -0.4 is 5.56 Å². The highest BCUT2D eigenvalue weighted by Crippen LogP contribution is 2.32. The van der Waals surface area contributed by atoms with Crippen LogP contribution in [0.15, 0.2) is 69.9 Å². The van der Waals surface area contributed by atoms with Crippen LogP contribution in [0.2, 0.25) is 0 Å². The number of halogens is 3. The molecule has 3 aromatic heterocycles. The fourth-order valence-corrected chi connectivity index (χ4v) is 5.62. The quantitative estimate of drug-likeness (QED) is 0.240. The summed E-state index contributed by atoms with van der Waals surface area (Å²) >= 11 is 2.63. The van der Waals surface area contributed by atoms with Crippen molar-refractivity contribution in [2.45, 2.75) is 43.4 Å². The number of fused-ring (bicyclic) bond motifs is 3. The molecule has 0 saturated heterocycles. The molecule has 2 aromatic carbocycles. The van der Waals surface area contributed by atoms with E-state index < -0.39 is 11.7 Å². The van der Waals surface area contributed by atoms with Crippen LogP contribution in [0, 0.1) is 0 Å². The summed E-state index contributed by atoms with van der Waals surface area (Å²) in [6.07, 6.45) is -4.39. The summed E-state index contributed by atoms with van der Waals surface area (Å²) in [6, 6.07) is 15.2. The van der Waals surface area contributed by atoms with Crippen molar-refractivity contribution in [3.8, 4) is 0 Å². The lowest BCUT2D eigenvalue weighted by Crippen LogP contribution is -2.23. The number of thioether (sulfide) groups is 1. The summed E-state index contributed by atoms with van der Waals surface area (Å²) in [7, 11) is 0. The molecule has 0 fully saturated rings. The molecule has 180 valence electrons. The Bertz CT molecular complexity index is 1570. The first-order chi connectivity index (χ1) is 16.7. The van der Waals surface area contributed by atoms with Gasteiger partial charge in [0.05, 0.1) is 17.6 Å². The lowest BCUT2D eigenvalue weighted by Gasteiger charge is -2.11. The highest BCUT2D eigenvalue weighted by molar-refractivity contribution is 7.98. The maximum atomic E-state index is 13.3. The molecule has 5 rings (SSSR count). The monoisotopic (exact) mass is 514 g/mol. The van der Waals surface area contributed by atoms with Crippen LogP contribution in [0.5, 0.6) is 0 Å². The van der Waals surface area contributed by atoms with Crippen LogP contribution in [-0.4, -0.2) is 19.2 Å². The zero-order valence-electron chi connectivity index (χ0n) is 18.9. The second-order valence-electron chi connectivity index (χ2n) is 8.53. The molecule has 0 unspecified atom stereocenters. The maximum Gasteiger partial charge on any atom is 0.416 e. The molecule has 0 aliphatic carbocycles. The molecular weight excluding hydrogens is 493 g/mol. The number of nitrogens with zero attached hydrogens (tertiary/aromatic N) is 4. The van der Waals surface area contributed by atoms with E-state index in [0.717, 1.165) is 17.7 Å². The molecule has 0 saturated carbocycles. The predicted molar refractivity (Wildman–Crippen MR) is 133 cm³/mol. The van der Waals surface area contributed by atoms with E-state index in [9.17, 15) is 18.0 Å². The van der Waals surface area contributed by atoms with Crippen molar-refractivity contribution in [2.75, 3.05) is 0 Å². The van der Waals surface area contributed by atoms with Gasteiger partial charge in [-0.3, -0.25) is 13.8 Å². The molecule has 35 heavy (non-hydrogen) atoms. The lowest BCUT2D eigenvalue weighted by molar-refractivity contribution is -0.137. The van der Waals surface area contributed by atoms with E-state index in [1.54, 1.807) is 10.6 Å². The molecule has 3 heterocycles. The van der Waals surface area contributed by atoms with Crippen LogP contribution in [-0.2, 0) is 18.5 Å². The van der Waals surface area contributed by atoms with Gasteiger partial charge in [-0.05, 0) is 40.1 Å². The van der Waals surface area contributed by atoms with Crippen LogP contribution in [0.3, 0.4) is 0 Å². The van der Waals surface area contributed by atoms with Gasteiger partial charge in [-0.25, -0.2) is 0 Å². The second kappa shape index (κ2) is 9.16. The van der Waals surface area contributed by atoms with E-state index in [2.05, 4.69) is 36.2 Å². The van der Waals surface area contributed by atoms with Crippen molar-refractivity contribution < 1.29 is 13.2 Å². The van der Waals surface area contributed by atoms with Gasteiger partial charge in [-0.1, -0.05) is 68.1 Å². The Morgan fingerprint density at radius 2 is 1.80 bits per heavy atom. The molecular formula is C25H21F3N4OS2. The van der Waals surface area contributed by atoms with Crippen molar-refractivity contribution in [2.24, 2.45) is 0 Å². The van der Waals surface area contributed by atoms with E-state index in [0.29, 0.717) is 39.2 Å². The third-order valence-corrected chi connectivity index (χ3v) is 7.68. The van der Waals surface area contributed by atoms with Gasteiger partial charge >= 0.3 is 6.18 Å². The standard InChI is InChI=1S/C25H21F3N4OS2/c1-15(2)18-8-6-16(7-9-18)13-31-22(33)21-20(10-11-34-21)32-23(31)29-30-24(32)35-14-17-4-3-5-19(12-17)25(26,27)28/h3-12,15H,13-14H2,1-2H3. The molecule has 0 bridgehead atoms. The van der Waals surface area contributed by atoms with Gasteiger partial charge in [0.15, 0.2) is 5.16 Å². The number of hydrogen-bond acceptors (Lipinski definition) is 5. The molecule has 0 spiro atoms. The first-order valence-electron chi connectivity index (χ1n) is 11.0. The summed E-state index contributed by atoms with van der Waals surface area (Å²) in [5.74, 6) is 1.10. The van der Waals surface area contributed by atoms with Crippen molar-refractivity contribution >= 4 is 39.1 Å². The Morgan fingerprint density at radius 3 is 2.51 bits per heavy atom. The van der Waals surface area contributed by atoms with Crippen molar-refractivity contribution in [1.82, 2.24) is 19.2 Å². The Balaban J connectivity index is 1.52. The summed E-state index contributed by atoms with van der Waals surface area (Å²) in [4.78, 5) is 13.3. The molecule has 0 aliphatic rings. The number of benzene rings is 2. The van der Waals surface area contributed by atoms with Gasteiger partial charge in [-0.2, -0.15) is 13.2 Å². The Labute approximate surface area is 207 Å². The molecule has 5 nitrogen and oxygen atoms in total. The fraction of sp³-hybridized carbons (Fsp3) is 0.240.